The highest BCUT2D eigenvalue weighted by Gasteiger charge is 2.32. The normalized spacial score (nSPS) is 22.8. The molecule has 0 saturated heterocycles. The van der Waals surface area contributed by atoms with Gasteiger partial charge in [-0.3, -0.25) is 4.79 Å². The monoisotopic (exact) mass is 279 g/mol. The zero-order valence-electron chi connectivity index (χ0n) is 11.3. The number of nitrogens with zero attached hydrogens (tertiary/aromatic N) is 1. The molecule has 1 aliphatic carbocycles. The van der Waals surface area contributed by atoms with Crippen molar-refractivity contribution in [1.82, 2.24) is 5.32 Å². The van der Waals surface area contributed by atoms with E-state index in [4.69, 9.17) is 10.9 Å². The van der Waals surface area contributed by atoms with Crippen LogP contribution in [0.5, 0.6) is 0 Å². The molecule has 2 rings (SSSR count). The number of benzene rings is 1. The van der Waals surface area contributed by atoms with Gasteiger partial charge in [-0.1, -0.05) is 11.6 Å². The topological polar surface area (TPSA) is 87.7 Å². The number of halogens is 1. The highest BCUT2D eigenvalue weighted by molar-refractivity contribution is 5.96. The van der Waals surface area contributed by atoms with Crippen LogP contribution in [0.15, 0.2) is 23.4 Å². The summed E-state index contributed by atoms with van der Waals surface area (Å²) >= 11 is 0. The van der Waals surface area contributed by atoms with Crippen LogP contribution >= 0.6 is 0 Å². The van der Waals surface area contributed by atoms with Gasteiger partial charge in [-0.25, -0.2) is 4.39 Å². The van der Waals surface area contributed by atoms with Crippen molar-refractivity contribution < 1.29 is 14.4 Å². The number of nitrogens with two attached hydrogens (primary N) is 1. The van der Waals surface area contributed by atoms with Crippen molar-refractivity contribution in [2.24, 2.45) is 16.8 Å². The van der Waals surface area contributed by atoms with Gasteiger partial charge in [-0.05, 0) is 43.5 Å². The van der Waals surface area contributed by atoms with Crippen LogP contribution in [0.25, 0.3) is 0 Å². The number of nitrogens with one attached hydrogen (secondary N) is 1. The lowest BCUT2D eigenvalue weighted by molar-refractivity contribution is 0.0932. The van der Waals surface area contributed by atoms with Crippen molar-refractivity contribution in [2.45, 2.75) is 32.2 Å². The second-order valence-electron chi connectivity index (χ2n) is 5.10. The third-order valence-electron chi connectivity index (χ3n) is 3.76. The van der Waals surface area contributed by atoms with Crippen molar-refractivity contribution in [3.05, 3.63) is 35.1 Å². The number of rotatable bonds is 3. The van der Waals surface area contributed by atoms with Gasteiger partial charge in [0.15, 0.2) is 0 Å². The van der Waals surface area contributed by atoms with E-state index in [2.05, 4.69) is 10.5 Å². The summed E-state index contributed by atoms with van der Waals surface area (Å²) in [6.45, 7) is 1.69. The van der Waals surface area contributed by atoms with Gasteiger partial charge in [0, 0.05) is 17.5 Å². The van der Waals surface area contributed by atoms with Gasteiger partial charge in [0.2, 0.25) is 0 Å². The maximum absolute atomic E-state index is 13.0. The molecule has 108 valence electrons. The minimum absolute atomic E-state index is 0.142. The van der Waals surface area contributed by atoms with Crippen LogP contribution in [0.3, 0.4) is 0 Å². The maximum Gasteiger partial charge on any atom is 0.251 e. The van der Waals surface area contributed by atoms with E-state index in [1.807, 2.05) is 0 Å². The predicted molar refractivity (Wildman–Crippen MR) is 73.1 cm³/mol. The van der Waals surface area contributed by atoms with E-state index in [0.29, 0.717) is 11.1 Å². The number of amides is 1. The van der Waals surface area contributed by atoms with E-state index in [1.54, 1.807) is 6.92 Å². The fourth-order valence-electron chi connectivity index (χ4n) is 2.69. The Labute approximate surface area is 116 Å². The van der Waals surface area contributed by atoms with Crippen molar-refractivity contribution in [2.75, 3.05) is 0 Å². The lowest BCUT2D eigenvalue weighted by Gasteiger charge is -2.20. The zero-order valence-corrected chi connectivity index (χ0v) is 11.3. The molecule has 1 fully saturated rings. The first-order valence-electron chi connectivity index (χ1n) is 6.57. The molecule has 5 nitrogen and oxygen atoms in total. The quantitative estimate of drug-likeness (QED) is 0.341. The van der Waals surface area contributed by atoms with Crippen molar-refractivity contribution in [1.29, 1.82) is 0 Å². The van der Waals surface area contributed by atoms with Crippen molar-refractivity contribution in [3.63, 3.8) is 0 Å². The molecule has 4 N–H and O–H groups in total. The molecule has 0 spiro atoms. The molecule has 6 heteroatoms. The van der Waals surface area contributed by atoms with E-state index in [1.165, 1.54) is 18.2 Å². The maximum atomic E-state index is 13.0. The minimum Gasteiger partial charge on any atom is -0.409 e. The third kappa shape index (κ3) is 2.89. The van der Waals surface area contributed by atoms with Crippen LogP contribution < -0.4 is 11.1 Å². The molecule has 1 aliphatic rings. The van der Waals surface area contributed by atoms with E-state index >= 15 is 0 Å². The van der Waals surface area contributed by atoms with E-state index in [0.717, 1.165) is 19.3 Å². The van der Waals surface area contributed by atoms with E-state index < -0.39 is 0 Å². The average Bonchev–Trinajstić information content (AvgIpc) is 2.85. The Morgan fingerprint density at radius 3 is 2.90 bits per heavy atom. The van der Waals surface area contributed by atoms with Crippen molar-refractivity contribution in [3.8, 4) is 0 Å². The van der Waals surface area contributed by atoms with E-state index in [9.17, 15) is 9.18 Å². The van der Waals surface area contributed by atoms with Crippen LogP contribution in [0.2, 0.25) is 0 Å². The first-order chi connectivity index (χ1) is 9.52. The first kappa shape index (κ1) is 14.3. The fraction of sp³-hybridized carbons (Fsp3) is 0.429. The SMILES string of the molecule is Cc1cc(F)ccc1C(=O)NC1CCCC1/C(N)=N/O. The number of oxime groups is 1. The summed E-state index contributed by atoms with van der Waals surface area (Å²) in [5.41, 5.74) is 6.66. The highest BCUT2D eigenvalue weighted by atomic mass is 19.1. The molecule has 2 unspecified atom stereocenters. The standard InChI is InChI=1S/C14H18FN3O2/c1-8-7-9(15)5-6-10(8)14(19)17-12-4-2-3-11(12)13(16)18-20/h5-7,11-12,20H,2-4H2,1H3,(H2,16,18)(H,17,19). The molecule has 0 heterocycles. The van der Waals surface area contributed by atoms with Gasteiger partial charge < -0.3 is 16.3 Å². The van der Waals surface area contributed by atoms with Crippen LogP contribution in [-0.4, -0.2) is 23.0 Å². The number of hydrogen-bond donors (Lipinski definition) is 3. The molecule has 1 saturated carbocycles. The second-order valence-corrected chi connectivity index (χ2v) is 5.10. The summed E-state index contributed by atoms with van der Waals surface area (Å²) in [6, 6.07) is 3.90. The Morgan fingerprint density at radius 1 is 1.50 bits per heavy atom. The van der Waals surface area contributed by atoms with Gasteiger partial charge in [-0.15, -0.1) is 0 Å². The minimum atomic E-state index is -0.366. The predicted octanol–water partition coefficient (Wildman–Crippen LogP) is 1.78. The summed E-state index contributed by atoms with van der Waals surface area (Å²) in [4.78, 5) is 12.2. The van der Waals surface area contributed by atoms with Gasteiger partial charge in [-0.2, -0.15) is 0 Å². The number of hydrogen-bond acceptors (Lipinski definition) is 3. The molecule has 1 aromatic rings. The van der Waals surface area contributed by atoms with Crippen LogP contribution in [-0.2, 0) is 0 Å². The van der Waals surface area contributed by atoms with Gasteiger partial charge in [0.05, 0.1) is 0 Å². The van der Waals surface area contributed by atoms with E-state index in [-0.39, 0.29) is 29.5 Å². The van der Waals surface area contributed by atoms with Crippen LogP contribution in [0, 0.1) is 18.7 Å². The van der Waals surface area contributed by atoms with Crippen LogP contribution in [0.4, 0.5) is 4.39 Å². The molecule has 20 heavy (non-hydrogen) atoms. The molecule has 0 radical (unpaired) electrons. The van der Waals surface area contributed by atoms with Crippen LogP contribution in [0.1, 0.15) is 35.2 Å². The van der Waals surface area contributed by atoms with Crippen molar-refractivity contribution >= 4 is 11.7 Å². The van der Waals surface area contributed by atoms with Gasteiger partial charge in [0.25, 0.3) is 5.91 Å². The Hall–Kier alpha value is -2.11. The largest absolute Gasteiger partial charge is 0.409 e. The Balaban J connectivity index is 2.11. The van der Waals surface area contributed by atoms with Gasteiger partial charge in [0.1, 0.15) is 11.7 Å². The molecule has 0 aromatic heterocycles. The number of aryl methyl sites for hydroxylation is 1. The first-order valence-corrected chi connectivity index (χ1v) is 6.57. The number of carbonyl (C=O) groups is 1. The summed E-state index contributed by atoms with van der Waals surface area (Å²) in [6.07, 6.45) is 2.48. The fourth-order valence-corrected chi connectivity index (χ4v) is 2.69. The lowest BCUT2D eigenvalue weighted by Crippen LogP contribution is -2.42. The smallest absolute Gasteiger partial charge is 0.251 e. The number of carbonyl (C=O) groups excluding carboxylic acids is 1. The Morgan fingerprint density at radius 2 is 2.25 bits per heavy atom. The summed E-state index contributed by atoms with van der Waals surface area (Å²) in [5.74, 6) is -0.632. The zero-order chi connectivity index (χ0) is 14.7. The lowest BCUT2D eigenvalue weighted by atomic mass is 10.0. The number of amidine groups is 1. The van der Waals surface area contributed by atoms with Gasteiger partial charge >= 0.3 is 0 Å². The molecular formula is C14H18FN3O2. The second kappa shape index (κ2) is 5.90. The molecule has 0 bridgehead atoms. The highest BCUT2D eigenvalue weighted by Crippen LogP contribution is 2.26. The summed E-state index contributed by atoms with van der Waals surface area (Å²) in [5, 5.41) is 14.7. The summed E-state index contributed by atoms with van der Waals surface area (Å²) < 4.78 is 13.0. The Bertz CT molecular complexity index is 545. The molecule has 0 aliphatic heterocycles. The Kier molecular flexibility index (Phi) is 4.22. The molecular weight excluding hydrogens is 261 g/mol. The molecule has 2 atom stereocenters. The molecule has 1 amide bonds. The third-order valence-corrected chi connectivity index (χ3v) is 3.76. The average molecular weight is 279 g/mol. The molecule has 1 aromatic carbocycles. The summed E-state index contributed by atoms with van der Waals surface area (Å²) in [7, 11) is 0.